The van der Waals surface area contributed by atoms with E-state index < -0.39 is 11.6 Å². The number of benzene rings is 2. The molecule has 2 aromatic carbocycles. The van der Waals surface area contributed by atoms with Crippen molar-refractivity contribution in [2.75, 3.05) is 0 Å². The minimum absolute atomic E-state index is 0.0700. The molecule has 0 heterocycles. The molecule has 0 aromatic heterocycles. The van der Waals surface area contributed by atoms with Crippen molar-refractivity contribution in [1.29, 1.82) is 0 Å². The lowest BCUT2D eigenvalue weighted by Gasteiger charge is -2.11. The van der Waals surface area contributed by atoms with Gasteiger partial charge in [0.2, 0.25) is 0 Å². The van der Waals surface area contributed by atoms with Crippen LogP contribution >= 0.6 is 0 Å². The average molecular weight is 276 g/mol. The smallest absolute Gasteiger partial charge is 0.163 e. The second kappa shape index (κ2) is 5.82. The van der Waals surface area contributed by atoms with Gasteiger partial charge in [0.15, 0.2) is 17.4 Å². The average Bonchev–Trinajstić information content (AvgIpc) is 2.41. The molecule has 0 aliphatic heterocycles. The number of ketones is 1. The first-order chi connectivity index (χ1) is 9.47. The molecule has 0 saturated carbocycles. The van der Waals surface area contributed by atoms with Gasteiger partial charge in [-0.15, -0.1) is 0 Å². The van der Waals surface area contributed by atoms with E-state index in [9.17, 15) is 13.6 Å². The van der Waals surface area contributed by atoms with Crippen molar-refractivity contribution in [2.24, 2.45) is 0 Å². The third kappa shape index (κ3) is 3.20. The number of Topliss-reactive ketones (excluding diaryl/α,β-unsaturated/α-hetero) is 1. The first kappa shape index (κ1) is 14.2. The van der Waals surface area contributed by atoms with Gasteiger partial charge in [-0.1, -0.05) is 17.7 Å². The minimum Gasteiger partial charge on any atom is -0.488 e. The van der Waals surface area contributed by atoms with E-state index in [2.05, 4.69) is 0 Å². The SMILES string of the molecule is CC(=O)c1cc(C)ccc1OCc1ccc(F)c(F)c1. The summed E-state index contributed by atoms with van der Waals surface area (Å²) in [6.45, 7) is 3.41. The first-order valence-corrected chi connectivity index (χ1v) is 6.15. The van der Waals surface area contributed by atoms with Gasteiger partial charge in [0.05, 0.1) is 5.56 Å². The maximum Gasteiger partial charge on any atom is 0.163 e. The molecule has 0 saturated heterocycles. The fraction of sp³-hybridized carbons (Fsp3) is 0.188. The summed E-state index contributed by atoms with van der Waals surface area (Å²) in [5.74, 6) is -1.47. The molecule has 0 aliphatic carbocycles. The third-order valence-electron chi connectivity index (χ3n) is 2.89. The van der Waals surface area contributed by atoms with E-state index in [4.69, 9.17) is 4.74 Å². The Morgan fingerprint density at radius 2 is 1.85 bits per heavy atom. The van der Waals surface area contributed by atoms with Crippen LogP contribution < -0.4 is 4.74 Å². The van der Waals surface area contributed by atoms with Crippen molar-refractivity contribution in [3.05, 3.63) is 64.7 Å². The fourth-order valence-electron chi connectivity index (χ4n) is 1.84. The van der Waals surface area contributed by atoms with Crippen molar-refractivity contribution in [3.8, 4) is 5.75 Å². The fourth-order valence-corrected chi connectivity index (χ4v) is 1.84. The molecule has 0 N–H and O–H groups in total. The summed E-state index contributed by atoms with van der Waals surface area (Å²) in [5.41, 5.74) is 1.93. The lowest BCUT2D eigenvalue weighted by molar-refractivity contribution is 0.101. The molecule has 2 aromatic rings. The van der Waals surface area contributed by atoms with Crippen LogP contribution in [0, 0.1) is 18.6 Å². The van der Waals surface area contributed by atoms with Crippen LogP contribution in [0.15, 0.2) is 36.4 Å². The number of ether oxygens (including phenoxy) is 1. The van der Waals surface area contributed by atoms with E-state index >= 15 is 0 Å². The van der Waals surface area contributed by atoms with Crippen LogP contribution in [-0.2, 0) is 6.61 Å². The largest absolute Gasteiger partial charge is 0.488 e. The summed E-state index contributed by atoms with van der Waals surface area (Å²) in [7, 11) is 0. The Morgan fingerprint density at radius 1 is 1.10 bits per heavy atom. The molecule has 0 spiro atoms. The molecule has 0 bridgehead atoms. The van der Waals surface area contributed by atoms with E-state index in [0.717, 1.165) is 17.7 Å². The molecular weight excluding hydrogens is 262 g/mol. The number of carbonyl (C=O) groups is 1. The highest BCUT2D eigenvalue weighted by Gasteiger charge is 2.09. The number of halogens is 2. The highest BCUT2D eigenvalue weighted by atomic mass is 19.2. The highest BCUT2D eigenvalue weighted by molar-refractivity contribution is 5.97. The molecule has 0 radical (unpaired) electrons. The van der Waals surface area contributed by atoms with E-state index in [0.29, 0.717) is 16.9 Å². The second-order valence-electron chi connectivity index (χ2n) is 4.59. The molecule has 4 heteroatoms. The van der Waals surface area contributed by atoms with Gasteiger partial charge < -0.3 is 4.74 Å². The molecule has 20 heavy (non-hydrogen) atoms. The quantitative estimate of drug-likeness (QED) is 0.787. The molecule has 0 atom stereocenters. The molecule has 104 valence electrons. The predicted octanol–water partition coefficient (Wildman–Crippen LogP) is 4.05. The lowest BCUT2D eigenvalue weighted by atomic mass is 10.1. The van der Waals surface area contributed by atoms with Gasteiger partial charge in [0.1, 0.15) is 12.4 Å². The lowest BCUT2D eigenvalue weighted by Crippen LogP contribution is -2.02. The first-order valence-electron chi connectivity index (χ1n) is 6.15. The number of aryl methyl sites for hydroxylation is 1. The van der Waals surface area contributed by atoms with Crippen LogP contribution in [0.25, 0.3) is 0 Å². The molecule has 0 aliphatic rings. The monoisotopic (exact) mass is 276 g/mol. The van der Waals surface area contributed by atoms with Gasteiger partial charge in [-0.2, -0.15) is 0 Å². The number of carbonyl (C=O) groups excluding carboxylic acids is 1. The van der Waals surface area contributed by atoms with E-state index in [1.807, 2.05) is 13.0 Å². The Kier molecular flexibility index (Phi) is 4.13. The zero-order valence-corrected chi connectivity index (χ0v) is 11.2. The maximum absolute atomic E-state index is 13.1. The van der Waals surface area contributed by atoms with E-state index in [1.165, 1.54) is 13.0 Å². The predicted molar refractivity (Wildman–Crippen MR) is 71.9 cm³/mol. The topological polar surface area (TPSA) is 26.3 Å². The summed E-state index contributed by atoms with van der Waals surface area (Å²) < 4.78 is 31.4. The van der Waals surface area contributed by atoms with Crippen molar-refractivity contribution >= 4 is 5.78 Å². The minimum atomic E-state index is -0.915. The Labute approximate surface area is 116 Å². The van der Waals surface area contributed by atoms with Crippen LogP contribution in [0.2, 0.25) is 0 Å². The van der Waals surface area contributed by atoms with Gasteiger partial charge in [-0.05, 0) is 43.7 Å². The molecular formula is C16H14F2O2. The summed E-state index contributed by atoms with van der Waals surface area (Å²) in [5, 5.41) is 0. The van der Waals surface area contributed by atoms with Gasteiger partial charge in [-0.3, -0.25) is 4.79 Å². The molecule has 0 fully saturated rings. The number of rotatable bonds is 4. The second-order valence-corrected chi connectivity index (χ2v) is 4.59. The standard InChI is InChI=1S/C16H14F2O2/c1-10-3-6-16(13(7-10)11(2)19)20-9-12-4-5-14(17)15(18)8-12/h3-8H,9H2,1-2H3. The van der Waals surface area contributed by atoms with Crippen LogP contribution in [0.4, 0.5) is 8.78 Å². The molecule has 2 nitrogen and oxygen atoms in total. The van der Waals surface area contributed by atoms with Crippen molar-refractivity contribution < 1.29 is 18.3 Å². The molecule has 0 unspecified atom stereocenters. The zero-order valence-electron chi connectivity index (χ0n) is 11.2. The summed E-state index contributed by atoms with van der Waals surface area (Å²) in [6.07, 6.45) is 0. The van der Waals surface area contributed by atoms with Gasteiger partial charge in [-0.25, -0.2) is 8.78 Å². The van der Waals surface area contributed by atoms with Crippen LogP contribution in [0.5, 0.6) is 5.75 Å². The van der Waals surface area contributed by atoms with E-state index in [1.54, 1.807) is 12.1 Å². The Bertz CT molecular complexity index is 651. The van der Waals surface area contributed by atoms with Crippen LogP contribution in [0.1, 0.15) is 28.4 Å². The zero-order chi connectivity index (χ0) is 14.7. The van der Waals surface area contributed by atoms with Gasteiger partial charge >= 0.3 is 0 Å². The van der Waals surface area contributed by atoms with Crippen molar-refractivity contribution in [1.82, 2.24) is 0 Å². The molecule has 0 amide bonds. The van der Waals surface area contributed by atoms with E-state index in [-0.39, 0.29) is 12.4 Å². The van der Waals surface area contributed by atoms with Crippen molar-refractivity contribution in [2.45, 2.75) is 20.5 Å². The Hall–Kier alpha value is -2.23. The highest BCUT2D eigenvalue weighted by Crippen LogP contribution is 2.22. The Morgan fingerprint density at radius 3 is 2.50 bits per heavy atom. The normalized spacial score (nSPS) is 10.4. The summed E-state index contributed by atoms with van der Waals surface area (Å²) >= 11 is 0. The van der Waals surface area contributed by atoms with Crippen LogP contribution in [-0.4, -0.2) is 5.78 Å². The number of hydrogen-bond acceptors (Lipinski definition) is 2. The third-order valence-corrected chi connectivity index (χ3v) is 2.89. The van der Waals surface area contributed by atoms with Crippen molar-refractivity contribution in [3.63, 3.8) is 0 Å². The summed E-state index contributed by atoms with van der Waals surface area (Å²) in [4.78, 5) is 11.5. The van der Waals surface area contributed by atoms with Crippen LogP contribution in [0.3, 0.4) is 0 Å². The number of hydrogen-bond donors (Lipinski definition) is 0. The summed E-state index contributed by atoms with van der Waals surface area (Å²) in [6, 6.07) is 8.84. The van der Waals surface area contributed by atoms with Gasteiger partial charge in [0.25, 0.3) is 0 Å². The Balaban J connectivity index is 2.18. The van der Waals surface area contributed by atoms with Gasteiger partial charge in [0, 0.05) is 0 Å². The molecule has 2 rings (SSSR count). The maximum atomic E-state index is 13.1.